The molecule has 3 heterocycles. The van der Waals surface area contributed by atoms with Crippen LogP contribution in [0.1, 0.15) is 15.2 Å². The Morgan fingerprint density at radius 2 is 1.87 bits per heavy atom. The zero-order valence-corrected chi connectivity index (χ0v) is 17.4. The smallest absolute Gasteiger partial charge is 0.353 e. The molecule has 5 aromatic rings. The van der Waals surface area contributed by atoms with E-state index in [0.29, 0.717) is 49.8 Å². The van der Waals surface area contributed by atoms with Gasteiger partial charge in [0.25, 0.3) is 0 Å². The number of rotatable bonds is 4. The van der Waals surface area contributed by atoms with E-state index in [4.69, 9.17) is 18.3 Å². The van der Waals surface area contributed by atoms with Gasteiger partial charge in [0.1, 0.15) is 22.0 Å². The number of para-hydroxylation sites is 1. The number of furan rings is 1. The summed E-state index contributed by atoms with van der Waals surface area (Å²) in [6.07, 6.45) is 0. The van der Waals surface area contributed by atoms with Gasteiger partial charge in [-0.2, -0.15) is 0 Å². The maximum Gasteiger partial charge on any atom is 0.353 e. The van der Waals surface area contributed by atoms with Crippen molar-refractivity contribution in [2.45, 2.75) is 6.92 Å². The molecule has 0 aliphatic heterocycles. The Morgan fingerprint density at radius 3 is 2.65 bits per heavy atom. The molecule has 7 heteroatoms. The average molecular weight is 432 g/mol. The third kappa shape index (κ3) is 3.39. The average Bonchev–Trinajstić information content (AvgIpc) is 3.43. The summed E-state index contributed by atoms with van der Waals surface area (Å²) in [6.45, 7) is 1.79. The summed E-state index contributed by atoms with van der Waals surface area (Å²) in [4.78, 5) is 25.2. The van der Waals surface area contributed by atoms with Crippen LogP contribution in [0, 0.1) is 6.92 Å². The molecule has 0 bridgehead atoms. The molecule has 0 aliphatic carbocycles. The number of methoxy groups -OCH3 is 1. The number of ether oxygens (including phenoxy) is 2. The lowest BCUT2D eigenvalue weighted by atomic mass is 10.0. The van der Waals surface area contributed by atoms with E-state index >= 15 is 0 Å². The van der Waals surface area contributed by atoms with Gasteiger partial charge in [0.2, 0.25) is 0 Å². The highest BCUT2D eigenvalue weighted by Gasteiger charge is 2.18. The molecule has 0 N–H and O–H groups in total. The Hall–Kier alpha value is -3.84. The second-order valence-corrected chi connectivity index (χ2v) is 7.90. The summed E-state index contributed by atoms with van der Waals surface area (Å²) in [5, 5.41) is 3.25. The number of carbonyl (C=O) groups is 1. The van der Waals surface area contributed by atoms with Crippen LogP contribution in [0.2, 0.25) is 0 Å². The zero-order chi connectivity index (χ0) is 21.5. The van der Waals surface area contributed by atoms with E-state index in [0.717, 1.165) is 5.39 Å². The van der Waals surface area contributed by atoms with Crippen LogP contribution in [0.5, 0.6) is 11.5 Å². The summed E-state index contributed by atoms with van der Waals surface area (Å²) in [6, 6.07) is 15.6. The molecule has 5 rings (SSSR count). The summed E-state index contributed by atoms with van der Waals surface area (Å²) < 4.78 is 22.4. The van der Waals surface area contributed by atoms with Gasteiger partial charge >= 0.3 is 11.6 Å². The van der Waals surface area contributed by atoms with Gasteiger partial charge in [0.05, 0.1) is 7.11 Å². The summed E-state index contributed by atoms with van der Waals surface area (Å²) in [5.41, 5.74) is 1.67. The normalized spacial score (nSPS) is 11.2. The molecule has 2 aromatic carbocycles. The van der Waals surface area contributed by atoms with Gasteiger partial charge in [-0.05, 0) is 48.2 Å². The molecule has 31 heavy (non-hydrogen) atoms. The SMILES string of the molecule is COc1cccc2cc(-c3cc(=O)oc4cc(C)c(OC(=O)c5cccs5)cc34)oc12. The van der Waals surface area contributed by atoms with E-state index in [-0.39, 0.29) is 0 Å². The highest BCUT2D eigenvalue weighted by atomic mass is 32.1. The standard InChI is InChI=1S/C24H16O6S/c1-13-9-19-15(11-18(13)30-24(26)21-7-4-8-31-21)16(12-22(25)28-19)20-10-14-5-3-6-17(27-2)23(14)29-20/h3-12H,1-2H3. The molecule has 0 spiro atoms. The highest BCUT2D eigenvalue weighted by molar-refractivity contribution is 7.12. The second kappa shape index (κ2) is 7.45. The molecule has 154 valence electrons. The van der Waals surface area contributed by atoms with Crippen molar-refractivity contribution < 1.29 is 23.1 Å². The summed E-state index contributed by atoms with van der Waals surface area (Å²) in [7, 11) is 1.57. The lowest BCUT2D eigenvalue weighted by molar-refractivity contribution is 0.0739. The predicted octanol–water partition coefficient (Wildman–Crippen LogP) is 5.80. The van der Waals surface area contributed by atoms with Crippen molar-refractivity contribution in [2.75, 3.05) is 7.11 Å². The summed E-state index contributed by atoms with van der Waals surface area (Å²) in [5.74, 6) is 1.02. The number of benzene rings is 2. The van der Waals surface area contributed by atoms with Gasteiger partial charge < -0.3 is 18.3 Å². The van der Waals surface area contributed by atoms with Gasteiger partial charge in [0.15, 0.2) is 11.3 Å². The van der Waals surface area contributed by atoms with Crippen LogP contribution >= 0.6 is 11.3 Å². The molecule has 0 saturated heterocycles. The van der Waals surface area contributed by atoms with Crippen LogP contribution in [0.15, 0.2) is 73.6 Å². The molecule has 0 atom stereocenters. The fourth-order valence-electron chi connectivity index (χ4n) is 3.48. The Kier molecular flexibility index (Phi) is 4.60. The summed E-state index contributed by atoms with van der Waals surface area (Å²) >= 11 is 1.31. The topological polar surface area (TPSA) is 78.9 Å². The van der Waals surface area contributed by atoms with Crippen LogP contribution in [-0.4, -0.2) is 13.1 Å². The first-order valence-corrected chi connectivity index (χ1v) is 10.3. The van der Waals surface area contributed by atoms with Crippen LogP contribution < -0.4 is 15.1 Å². The zero-order valence-electron chi connectivity index (χ0n) is 16.6. The molecule has 0 unspecified atom stereocenters. The molecular weight excluding hydrogens is 416 g/mol. The van der Waals surface area contributed by atoms with Gasteiger partial charge in [-0.25, -0.2) is 9.59 Å². The molecular formula is C24H16O6S. The number of carbonyl (C=O) groups excluding carboxylic acids is 1. The molecule has 0 aliphatic rings. The van der Waals surface area contributed by atoms with Crippen LogP contribution in [0.4, 0.5) is 0 Å². The van der Waals surface area contributed by atoms with Crippen LogP contribution in [0.3, 0.4) is 0 Å². The van der Waals surface area contributed by atoms with Gasteiger partial charge in [-0.15, -0.1) is 11.3 Å². The minimum absolute atomic E-state index is 0.378. The number of hydrogen-bond acceptors (Lipinski definition) is 7. The fourth-order valence-corrected chi connectivity index (χ4v) is 4.08. The molecule has 0 fully saturated rings. The number of thiophene rings is 1. The Balaban J connectivity index is 1.68. The van der Waals surface area contributed by atoms with E-state index in [1.165, 1.54) is 17.4 Å². The largest absolute Gasteiger partial charge is 0.493 e. The third-order valence-corrected chi connectivity index (χ3v) is 5.81. The Morgan fingerprint density at radius 1 is 1.00 bits per heavy atom. The minimum atomic E-state index is -0.502. The first kappa shape index (κ1) is 19.1. The molecule has 0 amide bonds. The number of hydrogen-bond donors (Lipinski definition) is 0. The fraction of sp³-hybridized carbons (Fsp3) is 0.0833. The van der Waals surface area contributed by atoms with Crippen LogP contribution in [0.25, 0.3) is 33.3 Å². The van der Waals surface area contributed by atoms with E-state index in [2.05, 4.69) is 0 Å². The maximum atomic E-state index is 12.4. The minimum Gasteiger partial charge on any atom is -0.493 e. The van der Waals surface area contributed by atoms with Crippen molar-refractivity contribution in [1.82, 2.24) is 0 Å². The lowest BCUT2D eigenvalue weighted by Gasteiger charge is -2.09. The molecule has 0 radical (unpaired) electrons. The Bertz CT molecular complexity index is 1490. The maximum absolute atomic E-state index is 12.4. The van der Waals surface area contributed by atoms with Crippen molar-refractivity contribution in [3.63, 3.8) is 0 Å². The molecule has 6 nitrogen and oxygen atoms in total. The van der Waals surface area contributed by atoms with Crippen LogP contribution in [-0.2, 0) is 0 Å². The Labute approximate surface area is 180 Å². The van der Waals surface area contributed by atoms with Crippen molar-refractivity contribution in [2.24, 2.45) is 0 Å². The first-order chi connectivity index (χ1) is 15.0. The van der Waals surface area contributed by atoms with Crippen molar-refractivity contribution in [1.29, 1.82) is 0 Å². The first-order valence-electron chi connectivity index (χ1n) is 9.44. The van der Waals surface area contributed by atoms with Gasteiger partial charge in [-0.1, -0.05) is 18.2 Å². The monoisotopic (exact) mass is 432 g/mol. The van der Waals surface area contributed by atoms with E-state index in [9.17, 15) is 9.59 Å². The number of aryl methyl sites for hydroxylation is 1. The lowest BCUT2D eigenvalue weighted by Crippen LogP contribution is -2.07. The van der Waals surface area contributed by atoms with Crippen molar-refractivity contribution >= 4 is 39.2 Å². The molecule has 3 aromatic heterocycles. The van der Waals surface area contributed by atoms with Gasteiger partial charge in [0, 0.05) is 22.4 Å². The quantitative estimate of drug-likeness (QED) is 0.203. The van der Waals surface area contributed by atoms with E-state index in [1.807, 2.05) is 23.6 Å². The highest BCUT2D eigenvalue weighted by Crippen LogP contribution is 2.37. The van der Waals surface area contributed by atoms with E-state index < -0.39 is 11.6 Å². The number of fused-ring (bicyclic) bond motifs is 2. The second-order valence-electron chi connectivity index (χ2n) is 6.95. The van der Waals surface area contributed by atoms with Crippen molar-refractivity contribution in [3.05, 3.63) is 80.8 Å². The third-order valence-electron chi connectivity index (χ3n) is 4.96. The van der Waals surface area contributed by atoms with Gasteiger partial charge in [-0.3, -0.25) is 0 Å². The van der Waals surface area contributed by atoms with E-state index in [1.54, 1.807) is 44.4 Å². The predicted molar refractivity (Wildman–Crippen MR) is 118 cm³/mol. The molecule has 0 saturated carbocycles. The van der Waals surface area contributed by atoms with Crippen molar-refractivity contribution in [3.8, 4) is 22.8 Å². The number of esters is 1.